The lowest BCUT2D eigenvalue weighted by molar-refractivity contribution is 0.0958. The highest BCUT2D eigenvalue weighted by atomic mass is 32.2. The Balaban J connectivity index is 1.97. The van der Waals surface area contributed by atoms with E-state index in [9.17, 15) is 13.2 Å². The summed E-state index contributed by atoms with van der Waals surface area (Å²) < 4.78 is 71.9. The molecule has 156 valence electrons. The number of rotatable bonds is 7. The molecular formula is C17H18N8O4S. The highest BCUT2D eigenvalue weighted by Gasteiger charge is 2.19. The van der Waals surface area contributed by atoms with E-state index in [-0.39, 0.29) is 33.9 Å². The van der Waals surface area contributed by atoms with Crippen LogP contribution in [0.1, 0.15) is 18.7 Å². The molecule has 0 spiro atoms. The van der Waals surface area contributed by atoms with E-state index in [4.69, 9.17) is 8.22 Å². The van der Waals surface area contributed by atoms with E-state index in [1.165, 1.54) is 36.5 Å². The van der Waals surface area contributed by atoms with Crippen molar-refractivity contribution in [3.63, 3.8) is 0 Å². The van der Waals surface area contributed by atoms with Gasteiger partial charge in [0.2, 0.25) is 5.88 Å². The average Bonchev–Trinajstić information content (AvgIpc) is 2.73. The summed E-state index contributed by atoms with van der Waals surface area (Å²) in [7, 11) is -6.44. The summed E-state index contributed by atoms with van der Waals surface area (Å²) in [5.41, 5.74) is -0.595. The smallest absolute Gasteiger partial charge is 0.273 e. The van der Waals surface area contributed by atoms with Gasteiger partial charge in [-0.15, -0.1) is 20.4 Å². The van der Waals surface area contributed by atoms with E-state index >= 15 is 0 Å². The lowest BCUT2D eigenvalue weighted by atomic mass is 10.3. The van der Waals surface area contributed by atoms with Crippen LogP contribution in [-0.2, 0) is 9.84 Å². The number of pyridine rings is 1. The molecule has 30 heavy (non-hydrogen) atoms. The third kappa shape index (κ3) is 4.75. The first-order valence-corrected chi connectivity index (χ1v) is 9.92. The van der Waals surface area contributed by atoms with Crippen molar-refractivity contribution in [3.05, 3.63) is 42.2 Å². The van der Waals surface area contributed by atoms with Gasteiger partial charge < -0.3 is 20.7 Å². The summed E-state index contributed by atoms with van der Waals surface area (Å²) in [6, 6.07) is 6.49. The molecule has 0 bridgehead atoms. The summed E-state index contributed by atoms with van der Waals surface area (Å²) in [6.45, 7) is -2.83. The van der Waals surface area contributed by atoms with E-state index in [0.717, 1.165) is 6.26 Å². The molecule has 3 rings (SSSR count). The first-order valence-electron chi connectivity index (χ1n) is 11.0. The summed E-state index contributed by atoms with van der Waals surface area (Å²) >= 11 is 0. The van der Waals surface area contributed by atoms with Crippen LogP contribution in [-0.4, -0.2) is 60.0 Å². The van der Waals surface area contributed by atoms with Gasteiger partial charge in [-0.3, -0.25) is 4.79 Å². The molecule has 0 saturated heterocycles. The Hall–Kier alpha value is -3.87. The summed E-state index contributed by atoms with van der Waals surface area (Å²) in [4.78, 5) is 16.3. The van der Waals surface area contributed by atoms with E-state index in [1.807, 2.05) is 0 Å². The molecule has 0 aliphatic rings. The van der Waals surface area contributed by atoms with E-state index in [0.29, 0.717) is 0 Å². The van der Waals surface area contributed by atoms with Gasteiger partial charge in [0, 0.05) is 35.7 Å². The number of methoxy groups -OCH3 is 1. The van der Waals surface area contributed by atoms with Crippen molar-refractivity contribution in [2.75, 3.05) is 30.9 Å². The minimum absolute atomic E-state index is 0.0152. The summed E-state index contributed by atoms with van der Waals surface area (Å²) in [6.07, 6.45) is 2.28. The van der Waals surface area contributed by atoms with Gasteiger partial charge in [0.05, 0.1) is 16.8 Å². The van der Waals surface area contributed by atoms with Gasteiger partial charge in [0.25, 0.3) is 5.91 Å². The zero-order valence-corrected chi connectivity index (χ0v) is 16.1. The predicted molar refractivity (Wildman–Crippen MR) is 108 cm³/mol. The number of nitrogens with zero attached hydrogens (tertiary/aromatic N) is 5. The molecule has 3 N–H and O–H groups in total. The third-order valence-electron chi connectivity index (χ3n) is 3.55. The molecule has 0 aliphatic heterocycles. The number of ether oxygens (including phenoxy) is 1. The molecule has 3 aromatic heterocycles. The topological polar surface area (TPSA) is 161 Å². The first kappa shape index (κ1) is 14.2. The molecule has 0 unspecified atom stereocenters. The van der Waals surface area contributed by atoms with Crippen LogP contribution in [0.25, 0.3) is 0 Å². The second-order valence-electron chi connectivity index (χ2n) is 5.68. The van der Waals surface area contributed by atoms with E-state index in [2.05, 4.69) is 40.7 Å². The first-order chi connectivity index (χ1) is 16.6. The minimum atomic E-state index is -3.73. The van der Waals surface area contributed by atoms with Crippen molar-refractivity contribution < 1.29 is 26.2 Å². The number of sulfone groups is 1. The van der Waals surface area contributed by atoms with Gasteiger partial charge >= 0.3 is 0 Å². The molecule has 0 fully saturated rings. The largest absolute Gasteiger partial charge is 0.480 e. The number of carbonyl (C=O) groups is 1. The molecule has 3 heterocycles. The van der Waals surface area contributed by atoms with Gasteiger partial charge in [0.15, 0.2) is 27.2 Å². The van der Waals surface area contributed by atoms with E-state index in [1.54, 1.807) is 5.32 Å². The van der Waals surface area contributed by atoms with Crippen molar-refractivity contribution in [2.24, 2.45) is 0 Å². The number of carbonyl (C=O) groups excluding carboxylic acids is 1. The summed E-state index contributed by atoms with van der Waals surface area (Å²) in [5.74, 6) is -1.44. The van der Waals surface area contributed by atoms with Crippen molar-refractivity contribution in [3.8, 4) is 5.88 Å². The summed E-state index contributed by atoms with van der Waals surface area (Å²) in [5, 5.41) is 22.1. The monoisotopic (exact) mass is 436 g/mol. The Labute approximate surface area is 180 Å². The van der Waals surface area contributed by atoms with Crippen molar-refractivity contribution >= 4 is 38.9 Å². The molecule has 12 nitrogen and oxygen atoms in total. The fourth-order valence-corrected chi connectivity index (χ4v) is 3.04. The molecular weight excluding hydrogens is 412 g/mol. The maximum atomic E-state index is 12.5. The number of amides is 1. The second-order valence-corrected chi connectivity index (χ2v) is 7.66. The van der Waals surface area contributed by atoms with Gasteiger partial charge in [-0.05, 0) is 18.2 Å². The number of aromatic nitrogens is 5. The molecule has 3 aromatic rings. The normalized spacial score (nSPS) is 14.7. The molecule has 0 atom stereocenters. The maximum Gasteiger partial charge on any atom is 0.273 e. The zero-order valence-electron chi connectivity index (χ0n) is 21.2. The van der Waals surface area contributed by atoms with Crippen LogP contribution in [0.4, 0.5) is 23.1 Å². The number of hydrogen-bond acceptors (Lipinski definition) is 11. The van der Waals surface area contributed by atoms with E-state index < -0.39 is 35.5 Å². The van der Waals surface area contributed by atoms with Gasteiger partial charge in [0.1, 0.15) is 10.7 Å². The quantitative estimate of drug-likeness (QED) is 0.483. The lowest BCUT2D eigenvalue weighted by Crippen LogP contribution is -2.22. The molecule has 0 aromatic carbocycles. The molecule has 0 saturated carbocycles. The maximum absolute atomic E-state index is 12.5. The van der Waals surface area contributed by atoms with Crippen LogP contribution in [0.15, 0.2) is 41.4 Å². The molecule has 13 heteroatoms. The minimum Gasteiger partial charge on any atom is -0.480 e. The van der Waals surface area contributed by atoms with Crippen LogP contribution in [0, 0.1) is 0 Å². The van der Waals surface area contributed by atoms with Crippen molar-refractivity contribution in [2.45, 2.75) is 4.90 Å². The second kappa shape index (κ2) is 8.65. The van der Waals surface area contributed by atoms with Gasteiger partial charge in [-0.1, -0.05) is 0 Å². The Morgan fingerprint density at radius 1 is 1.10 bits per heavy atom. The Kier molecular flexibility index (Phi) is 4.08. The molecule has 0 aliphatic carbocycles. The zero-order chi connectivity index (χ0) is 26.7. The molecule has 1 amide bonds. The van der Waals surface area contributed by atoms with Gasteiger partial charge in [-0.2, -0.15) is 0 Å². The number of nitrogens with one attached hydrogen (secondary N) is 3. The fraction of sp³-hybridized carbons (Fsp3) is 0.176. The van der Waals surface area contributed by atoms with Crippen LogP contribution < -0.4 is 20.7 Å². The Bertz CT molecular complexity index is 1370. The fourth-order valence-electron chi connectivity index (χ4n) is 2.26. The standard InChI is InChI=1S/C17H18N8O4S/c1-18-17(26)15-10(20-16-11(30(3,27)28)5-4-8-19-16)9-13(23-25-15)21-12-6-7-14(29-2)24-22-12/h4-9H,1-3H3,(H,18,26)(H2,19,20,21,22,23)/i1D3,2D3. The third-order valence-corrected chi connectivity index (χ3v) is 4.67. The number of hydrogen-bond donors (Lipinski definition) is 3. The average molecular weight is 436 g/mol. The lowest BCUT2D eigenvalue weighted by Gasteiger charge is -2.13. The SMILES string of the molecule is [2H]C([2H])([2H])NC(=O)c1nnc(Nc2ccc(OC([2H])([2H])[2H])nn2)cc1Nc1ncccc1S(C)(=O)=O. The van der Waals surface area contributed by atoms with Crippen LogP contribution in [0.5, 0.6) is 5.88 Å². The molecule has 0 radical (unpaired) electrons. The Morgan fingerprint density at radius 3 is 2.63 bits per heavy atom. The highest BCUT2D eigenvalue weighted by molar-refractivity contribution is 7.90. The van der Waals surface area contributed by atoms with Gasteiger partial charge in [-0.25, -0.2) is 13.4 Å². The van der Waals surface area contributed by atoms with Crippen LogP contribution in [0.3, 0.4) is 0 Å². The van der Waals surface area contributed by atoms with Crippen molar-refractivity contribution in [1.82, 2.24) is 30.7 Å². The van der Waals surface area contributed by atoms with Crippen molar-refractivity contribution in [1.29, 1.82) is 0 Å². The predicted octanol–water partition coefficient (Wildman–Crippen LogP) is 0.920. The highest BCUT2D eigenvalue weighted by Crippen LogP contribution is 2.26. The van der Waals surface area contributed by atoms with Crippen LogP contribution in [0.2, 0.25) is 0 Å². The Morgan fingerprint density at radius 2 is 1.93 bits per heavy atom. The number of anilines is 4. The van der Waals surface area contributed by atoms with Crippen LogP contribution >= 0.6 is 0 Å².